The molecule has 54 heavy (non-hydrogen) atoms. The van der Waals surface area contributed by atoms with Gasteiger partial charge in [-0.1, -0.05) is 165 Å². The summed E-state index contributed by atoms with van der Waals surface area (Å²) in [6.45, 7) is 7.74. The van der Waals surface area contributed by atoms with E-state index in [-0.39, 0.29) is 11.9 Å². The Bertz CT molecular complexity index is 1010. The van der Waals surface area contributed by atoms with Gasteiger partial charge in [-0.15, -0.1) is 0 Å². The molecule has 3 nitrogen and oxygen atoms in total. The lowest BCUT2D eigenvalue weighted by Gasteiger charge is -2.28. The second-order valence-corrected chi connectivity index (χ2v) is 16.6. The summed E-state index contributed by atoms with van der Waals surface area (Å²) < 4.78 is 13.5. The minimum Gasteiger partial charge on any atom is -0.347 e. The summed E-state index contributed by atoms with van der Waals surface area (Å²) in [6, 6.07) is 4.25. The highest BCUT2D eigenvalue weighted by Crippen LogP contribution is 2.36. The second kappa shape index (κ2) is 35.4. The van der Waals surface area contributed by atoms with Crippen LogP contribution in [-0.2, 0) is 15.9 Å². The van der Waals surface area contributed by atoms with Crippen LogP contribution in [0.3, 0.4) is 0 Å². The number of aryl methyl sites for hydroxylation is 1. The smallest absolute Gasteiger partial charge is 0.168 e. The molecule has 1 aromatic rings. The molecule has 1 aliphatic heterocycles. The van der Waals surface area contributed by atoms with Crippen LogP contribution in [0.2, 0.25) is 0 Å². The molecule has 1 fully saturated rings. The minimum absolute atomic E-state index is 0.268. The number of aromatic nitrogens is 1. The molecule has 0 bridgehead atoms. The molecule has 2 heterocycles. The van der Waals surface area contributed by atoms with Gasteiger partial charge in [0.05, 0.1) is 12.7 Å². The third-order valence-corrected chi connectivity index (χ3v) is 11.3. The van der Waals surface area contributed by atoms with Gasteiger partial charge in [0.2, 0.25) is 0 Å². The highest BCUT2D eigenvalue weighted by molar-refractivity contribution is 5.08. The van der Waals surface area contributed by atoms with Gasteiger partial charge in [0.15, 0.2) is 5.79 Å². The number of unbranched alkanes of at least 4 members (excludes halogenated alkanes) is 18. The van der Waals surface area contributed by atoms with E-state index in [9.17, 15) is 0 Å². The monoisotopic (exact) mass is 746 g/mol. The molecule has 0 aromatic carbocycles. The zero-order valence-corrected chi connectivity index (χ0v) is 36.0. The fourth-order valence-electron chi connectivity index (χ4n) is 7.71. The molecule has 1 saturated heterocycles. The van der Waals surface area contributed by atoms with E-state index >= 15 is 0 Å². The number of rotatable bonds is 37. The maximum Gasteiger partial charge on any atom is 0.168 e. The van der Waals surface area contributed by atoms with Crippen molar-refractivity contribution in [2.75, 3.05) is 6.61 Å². The Kier molecular flexibility index (Phi) is 31.6. The Balaban J connectivity index is 1.62. The number of ether oxygens (including phenoxy) is 2. The van der Waals surface area contributed by atoms with Gasteiger partial charge in [-0.3, -0.25) is 4.98 Å². The molecule has 2 atom stereocenters. The molecule has 0 amide bonds. The first kappa shape index (κ1) is 48.2. The zero-order valence-electron chi connectivity index (χ0n) is 36.0. The van der Waals surface area contributed by atoms with E-state index in [1.165, 1.54) is 166 Å². The van der Waals surface area contributed by atoms with Crippen LogP contribution < -0.4 is 0 Å². The molecule has 1 aliphatic rings. The van der Waals surface area contributed by atoms with E-state index < -0.39 is 0 Å². The predicted octanol–water partition coefficient (Wildman–Crippen LogP) is 16.3. The van der Waals surface area contributed by atoms with Crippen molar-refractivity contribution in [3.8, 4) is 0 Å². The number of hydrogen-bond donors (Lipinski definition) is 0. The van der Waals surface area contributed by atoms with Crippen molar-refractivity contribution in [1.29, 1.82) is 0 Å². The first-order valence-corrected chi connectivity index (χ1v) is 23.5. The van der Waals surface area contributed by atoms with Crippen LogP contribution in [0, 0.1) is 5.92 Å². The molecule has 0 aliphatic carbocycles. The highest BCUT2D eigenvalue weighted by atomic mass is 16.7. The van der Waals surface area contributed by atoms with Gasteiger partial charge >= 0.3 is 0 Å². The maximum atomic E-state index is 6.85. The van der Waals surface area contributed by atoms with Crippen LogP contribution in [0.25, 0.3) is 0 Å². The Morgan fingerprint density at radius 2 is 1.13 bits per heavy atom. The van der Waals surface area contributed by atoms with Crippen LogP contribution in [-0.4, -0.2) is 23.5 Å². The van der Waals surface area contributed by atoms with Crippen LogP contribution in [0.1, 0.15) is 219 Å². The Morgan fingerprint density at radius 1 is 0.630 bits per heavy atom. The minimum atomic E-state index is -0.332. The molecule has 0 N–H and O–H groups in total. The van der Waals surface area contributed by atoms with Crippen molar-refractivity contribution in [3.63, 3.8) is 0 Å². The molecule has 3 heteroatoms. The highest BCUT2D eigenvalue weighted by Gasteiger charge is 2.40. The van der Waals surface area contributed by atoms with Gasteiger partial charge in [0.1, 0.15) is 0 Å². The van der Waals surface area contributed by atoms with Crippen molar-refractivity contribution < 1.29 is 9.47 Å². The van der Waals surface area contributed by atoms with Crippen LogP contribution in [0.4, 0.5) is 0 Å². The average molecular weight is 746 g/mol. The van der Waals surface area contributed by atoms with E-state index in [1.54, 1.807) is 0 Å². The van der Waals surface area contributed by atoms with E-state index in [1.807, 2.05) is 12.4 Å². The van der Waals surface area contributed by atoms with Crippen molar-refractivity contribution in [2.45, 2.75) is 232 Å². The van der Waals surface area contributed by atoms with Gasteiger partial charge in [-0.05, 0) is 114 Å². The Morgan fingerprint density at radius 3 is 1.63 bits per heavy atom. The first-order chi connectivity index (χ1) is 26.7. The summed E-state index contributed by atoms with van der Waals surface area (Å²) in [5.41, 5.74) is 1.36. The van der Waals surface area contributed by atoms with Gasteiger partial charge in [0, 0.05) is 25.2 Å². The van der Waals surface area contributed by atoms with Crippen molar-refractivity contribution >= 4 is 0 Å². The molecule has 0 radical (unpaired) electrons. The van der Waals surface area contributed by atoms with Crippen LogP contribution in [0.15, 0.2) is 73.1 Å². The summed E-state index contributed by atoms with van der Waals surface area (Å²) in [5, 5.41) is 0. The maximum absolute atomic E-state index is 6.85. The molecule has 2 unspecified atom stereocenters. The van der Waals surface area contributed by atoms with E-state index in [0.29, 0.717) is 0 Å². The summed E-state index contributed by atoms with van der Waals surface area (Å²) in [4.78, 5) is 4.28. The number of hydrogen-bond acceptors (Lipinski definition) is 3. The average Bonchev–Trinajstić information content (AvgIpc) is 3.59. The standard InChI is InChI=1S/C51H87NO2/c1-4-6-8-10-12-14-16-18-20-22-24-26-28-30-32-34-43-51(44-35-33-31-29-27-25-23-21-19-17-15-13-11-9-7-5-2)53-47-50(54-51)40-36-38-48(3)41-42-49-39-37-45-52-46-49/h12-15,18-21,37,39,45-46,48,50H,4-11,16-17,22-36,38,40-44,47H2,1-3H3/b14-12-,15-13-,20-18-,21-19-. The number of pyridine rings is 1. The zero-order chi connectivity index (χ0) is 38.5. The number of allylic oxidation sites excluding steroid dienone is 8. The molecule has 2 rings (SSSR count). The van der Waals surface area contributed by atoms with Gasteiger partial charge in [-0.2, -0.15) is 0 Å². The van der Waals surface area contributed by atoms with Gasteiger partial charge < -0.3 is 9.47 Å². The summed E-state index contributed by atoms with van der Waals surface area (Å²) in [7, 11) is 0. The Hall–Kier alpha value is -1.97. The normalized spacial score (nSPS) is 16.6. The van der Waals surface area contributed by atoms with Gasteiger partial charge in [-0.25, -0.2) is 0 Å². The third kappa shape index (κ3) is 27.6. The SMILES string of the molecule is CCCCC/C=C\C/C=C\CCCCCCCCC1(CCCCCCCC/C=C\C/C=C\CCCCC)OCC(CCCC(C)CCc2cccnc2)O1. The quantitative estimate of drug-likeness (QED) is 0.0502. The Labute approximate surface area is 336 Å². The van der Waals surface area contributed by atoms with Crippen LogP contribution >= 0.6 is 0 Å². The number of nitrogens with zero attached hydrogens (tertiary/aromatic N) is 1. The fourth-order valence-corrected chi connectivity index (χ4v) is 7.71. The lowest BCUT2D eigenvalue weighted by molar-refractivity contribution is -0.180. The summed E-state index contributed by atoms with van der Waals surface area (Å²) >= 11 is 0. The second-order valence-electron chi connectivity index (χ2n) is 16.6. The van der Waals surface area contributed by atoms with Gasteiger partial charge in [0.25, 0.3) is 0 Å². The lowest BCUT2D eigenvalue weighted by atomic mass is 9.96. The lowest BCUT2D eigenvalue weighted by Crippen LogP contribution is -2.31. The van der Waals surface area contributed by atoms with E-state index in [4.69, 9.17) is 9.47 Å². The first-order valence-electron chi connectivity index (χ1n) is 23.5. The predicted molar refractivity (Wildman–Crippen MR) is 237 cm³/mol. The topological polar surface area (TPSA) is 31.4 Å². The molecule has 0 saturated carbocycles. The fraction of sp³-hybridized carbons (Fsp3) is 0.745. The van der Waals surface area contributed by atoms with E-state index in [2.05, 4.69) is 86.5 Å². The van der Waals surface area contributed by atoms with Crippen molar-refractivity contribution in [3.05, 3.63) is 78.7 Å². The molecule has 308 valence electrons. The largest absolute Gasteiger partial charge is 0.347 e. The summed E-state index contributed by atoms with van der Waals surface area (Å²) in [5.74, 6) is 0.398. The third-order valence-electron chi connectivity index (χ3n) is 11.3. The molecule has 1 aromatic heterocycles. The summed E-state index contributed by atoms with van der Waals surface area (Å²) in [6.07, 6.45) is 62.1. The van der Waals surface area contributed by atoms with Crippen LogP contribution in [0.5, 0.6) is 0 Å². The van der Waals surface area contributed by atoms with Crippen molar-refractivity contribution in [1.82, 2.24) is 4.98 Å². The molecular weight excluding hydrogens is 659 g/mol. The molecule has 0 spiro atoms. The van der Waals surface area contributed by atoms with E-state index in [0.717, 1.165) is 51.0 Å². The van der Waals surface area contributed by atoms with Crippen molar-refractivity contribution in [2.24, 2.45) is 5.92 Å². The molecular formula is C51H87NO2.